The molecule has 1 aromatic carbocycles. The lowest BCUT2D eigenvalue weighted by molar-refractivity contribution is 0.240. The molecule has 0 saturated heterocycles. The predicted octanol–water partition coefficient (Wildman–Crippen LogP) is 3.99. The Morgan fingerprint density at radius 3 is 2.85 bits per heavy atom. The van der Waals surface area contributed by atoms with Gasteiger partial charge in [-0.25, -0.2) is 0 Å². The number of rotatable bonds is 3. The fourth-order valence-electron chi connectivity index (χ4n) is 4.20. The summed E-state index contributed by atoms with van der Waals surface area (Å²) in [6, 6.07) is 4.65. The van der Waals surface area contributed by atoms with E-state index in [1.807, 2.05) is 0 Å². The van der Waals surface area contributed by atoms with Gasteiger partial charge in [0.1, 0.15) is 0 Å². The first-order chi connectivity index (χ1) is 9.73. The highest BCUT2D eigenvalue weighted by Gasteiger charge is 2.40. The van der Waals surface area contributed by atoms with Crippen molar-refractivity contribution in [3.8, 4) is 0 Å². The Morgan fingerprint density at radius 2 is 2.15 bits per heavy atom. The molecule has 2 heterocycles. The third-order valence-electron chi connectivity index (χ3n) is 5.26. The van der Waals surface area contributed by atoms with E-state index in [0.29, 0.717) is 5.41 Å². The lowest BCUT2D eigenvalue weighted by Gasteiger charge is -2.42. The Kier molecular flexibility index (Phi) is 2.97. The van der Waals surface area contributed by atoms with E-state index in [0.717, 1.165) is 6.54 Å². The van der Waals surface area contributed by atoms with Gasteiger partial charge >= 0.3 is 0 Å². The van der Waals surface area contributed by atoms with Crippen LogP contribution in [0.15, 0.2) is 22.8 Å². The van der Waals surface area contributed by atoms with Crippen molar-refractivity contribution < 1.29 is 0 Å². The first-order valence-corrected chi connectivity index (χ1v) is 8.49. The summed E-state index contributed by atoms with van der Waals surface area (Å²) in [5.74, 6) is 0. The molecule has 1 aliphatic carbocycles. The minimum atomic E-state index is 0.376. The average molecular weight is 333 g/mol. The minimum absolute atomic E-state index is 0.376. The summed E-state index contributed by atoms with van der Waals surface area (Å²) < 4.78 is 3.74. The fraction of sp³-hybridized carbons (Fsp3) is 0.529. The minimum Gasteiger partial charge on any atom is -0.347 e. The highest BCUT2D eigenvalue weighted by molar-refractivity contribution is 9.10. The standard InChI is InChI=1S/C17H21BrN2/c1-19-11-17(5-3-6-17)15-10-20-7-2-4-12-8-13(18)9-14(15)16(12)20/h8-10,19H,2-7,11H2,1H3. The fourth-order valence-corrected chi connectivity index (χ4v) is 4.71. The van der Waals surface area contributed by atoms with Gasteiger partial charge in [0.15, 0.2) is 0 Å². The van der Waals surface area contributed by atoms with E-state index in [-0.39, 0.29) is 0 Å². The monoisotopic (exact) mass is 332 g/mol. The Bertz CT molecular complexity index is 667. The van der Waals surface area contributed by atoms with Crippen molar-refractivity contribution in [3.63, 3.8) is 0 Å². The summed E-state index contributed by atoms with van der Waals surface area (Å²) in [6.45, 7) is 2.29. The van der Waals surface area contributed by atoms with E-state index < -0.39 is 0 Å². The van der Waals surface area contributed by atoms with E-state index >= 15 is 0 Å². The van der Waals surface area contributed by atoms with E-state index in [1.165, 1.54) is 59.6 Å². The van der Waals surface area contributed by atoms with Gasteiger partial charge in [-0.3, -0.25) is 0 Å². The Hall–Kier alpha value is -0.800. The number of nitrogens with zero attached hydrogens (tertiary/aromatic N) is 1. The van der Waals surface area contributed by atoms with Crippen LogP contribution in [0.4, 0.5) is 0 Å². The molecule has 1 N–H and O–H groups in total. The number of benzene rings is 1. The summed E-state index contributed by atoms with van der Waals surface area (Å²) in [6.07, 6.45) is 8.97. The molecule has 20 heavy (non-hydrogen) atoms. The van der Waals surface area contributed by atoms with Gasteiger partial charge in [0.25, 0.3) is 0 Å². The van der Waals surface area contributed by atoms with Crippen molar-refractivity contribution in [1.82, 2.24) is 9.88 Å². The summed E-state index contributed by atoms with van der Waals surface area (Å²) in [7, 11) is 2.08. The van der Waals surface area contributed by atoms with Crippen molar-refractivity contribution in [2.75, 3.05) is 13.6 Å². The highest BCUT2D eigenvalue weighted by Crippen LogP contribution is 2.47. The van der Waals surface area contributed by atoms with Crippen LogP contribution in [0.1, 0.15) is 36.8 Å². The first-order valence-electron chi connectivity index (χ1n) is 7.70. The summed E-state index contributed by atoms with van der Waals surface area (Å²) in [4.78, 5) is 0. The second-order valence-electron chi connectivity index (χ2n) is 6.47. The maximum Gasteiger partial charge on any atom is 0.0516 e. The van der Waals surface area contributed by atoms with E-state index in [2.05, 4.69) is 51.2 Å². The number of hydrogen-bond donors (Lipinski definition) is 1. The van der Waals surface area contributed by atoms with Crippen LogP contribution in [0.3, 0.4) is 0 Å². The highest BCUT2D eigenvalue weighted by atomic mass is 79.9. The molecular formula is C17H21BrN2. The zero-order valence-corrected chi connectivity index (χ0v) is 13.6. The van der Waals surface area contributed by atoms with Crippen LogP contribution in [0.5, 0.6) is 0 Å². The van der Waals surface area contributed by atoms with Crippen LogP contribution < -0.4 is 5.32 Å². The SMILES string of the molecule is CNCC1(c2cn3c4c(cc(Br)cc24)CCC3)CCC1. The van der Waals surface area contributed by atoms with Gasteiger partial charge in [0.05, 0.1) is 5.52 Å². The third kappa shape index (κ3) is 1.72. The third-order valence-corrected chi connectivity index (χ3v) is 5.72. The lowest BCUT2D eigenvalue weighted by atomic mass is 9.64. The van der Waals surface area contributed by atoms with Gasteiger partial charge in [-0.1, -0.05) is 22.4 Å². The molecule has 2 aliphatic rings. The topological polar surface area (TPSA) is 17.0 Å². The first kappa shape index (κ1) is 12.9. The van der Waals surface area contributed by atoms with Crippen molar-refractivity contribution in [3.05, 3.63) is 33.9 Å². The molecule has 3 heteroatoms. The van der Waals surface area contributed by atoms with Crippen LogP contribution in [-0.2, 0) is 18.4 Å². The van der Waals surface area contributed by atoms with Crippen molar-refractivity contribution in [2.24, 2.45) is 0 Å². The van der Waals surface area contributed by atoms with Gasteiger partial charge < -0.3 is 9.88 Å². The summed E-state index contributed by atoms with van der Waals surface area (Å²) in [5, 5.41) is 4.91. The lowest BCUT2D eigenvalue weighted by Crippen LogP contribution is -2.42. The second kappa shape index (κ2) is 4.60. The zero-order chi connectivity index (χ0) is 13.7. The molecule has 1 fully saturated rings. The van der Waals surface area contributed by atoms with E-state index in [4.69, 9.17) is 0 Å². The summed E-state index contributed by atoms with van der Waals surface area (Å²) >= 11 is 3.71. The van der Waals surface area contributed by atoms with Gasteiger partial charge in [0.2, 0.25) is 0 Å². The molecule has 2 aromatic rings. The number of hydrogen-bond acceptors (Lipinski definition) is 1. The molecule has 2 nitrogen and oxygen atoms in total. The molecule has 0 radical (unpaired) electrons. The van der Waals surface area contributed by atoms with Crippen LogP contribution in [0.2, 0.25) is 0 Å². The molecule has 0 spiro atoms. The van der Waals surface area contributed by atoms with Crippen LogP contribution in [-0.4, -0.2) is 18.2 Å². The van der Waals surface area contributed by atoms with Gasteiger partial charge in [0, 0.05) is 34.6 Å². The van der Waals surface area contributed by atoms with E-state index in [9.17, 15) is 0 Å². The molecule has 0 bridgehead atoms. The average Bonchev–Trinajstić information content (AvgIpc) is 2.74. The molecule has 1 aliphatic heterocycles. The predicted molar refractivity (Wildman–Crippen MR) is 87.4 cm³/mol. The molecule has 1 aromatic heterocycles. The zero-order valence-electron chi connectivity index (χ0n) is 12.0. The maximum atomic E-state index is 3.71. The van der Waals surface area contributed by atoms with Crippen LogP contribution >= 0.6 is 15.9 Å². The summed E-state index contributed by atoms with van der Waals surface area (Å²) in [5.41, 5.74) is 4.97. The molecule has 1 saturated carbocycles. The molecule has 4 rings (SSSR count). The van der Waals surface area contributed by atoms with Gasteiger partial charge in [-0.15, -0.1) is 0 Å². The second-order valence-corrected chi connectivity index (χ2v) is 7.38. The smallest absolute Gasteiger partial charge is 0.0516 e. The Balaban J connectivity index is 1.97. The number of aromatic nitrogens is 1. The number of likely N-dealkylation sites (N-methyl/N-ethyl adjacent to an activating group) is 1. The molecule has 0 atom stereocenters. The normalized spacial score (nSPS) is 20.1. The molecule has 106 valence electrons. The van der Waals surface area contributed by atoms with Gasteiger partial charge in [-0.2, -0.15) is 0 Å². The molecular weight excluding hydrogens is 312 g/mol. The van der Waals surface area contributed by atoms with Crippen LogP contribution in [0, 0.1) is 0 Å². The maximum absolute atomic E-state index is 3.71. The Labute approximate surface area is 128 Å². The molecule has 0 amide bonds. The van der Waals surface area contributed by atoms with Gasteiger partial charge in [-0.05, 0) is 56.0 Å². The van der Waals surface area contributed by atoms with Crippen LogP contribution in [0.25, 0.3) is 10.9 Å². The molecule has 0 unspecified atom stereocenters. The Morgan fingerprint density at radius 1 is 1.30 bits per heavy atom. The number of aryl methyl sites for hydroxylation is 2. The quantitative estimate of drug-likeness (QED) is 0.899. The number of nitrogens with one attached hydrogen (secondary N) is 1. The van der Waals surface area contributed by atoms with Crippen molar-refractivity contribution >= 4 is 26.8 Å². The van der Waals surface area contributed by atoms with Crippen molar-refractivity contribution in [1.29, 1.82) is 0 Å². The van der Waals surface area contributed by atoms with Crippen molar-refractivity contribution in [2.45, 2.75) is 44.1 Å². The van der Waals surface area contributed by atoms with E-state index in [1.54, 1.807) is 5.56 Å². The largest absolute Gasteiger partial charge is 0.347 e. The number of halogens is 1.